The third-order valence-electron chi connectivity index (χ3n) is 4.49. The predicted octanol–water partition coefficient (Wildman–Crippen LogP) is 3.52. The third kappa shape index (κ3) is 3.19. The van der Waals surface area contributed by atoms with Crippen LogP contribution >= 0.6 is 23.5 Å². The smallest absolute Gasteiger partial charge is 0.156 e. The maximum Gasteiger partial charge on any atom is 0.156 e. The van der Waals surface area contributed by atoms with Crippen LogP contribution in [-0.2, 0) is 0 Å². The minimum Gasteiger partial charge on any atom is -0.364 e. The van der Waals surface area contributed by atoms with Crippen molar-refractivity contribution in [3.05, 3.63) is 0 Å². The van der Waals surface area contributed by atoms with Gasteiger partial charge in [0.25, 0.3) is 0 Å². The molecule has 2 heterocycles. The van der Waals surface area contributed by atoms with E-state index in [2.05, 4.69) is 17.1 Å². The molecule has 4 heteroatoms. The molecule has 2 nitrogen and oxygen atoms in total. The number of aliphatic imine (C=N–C) groups is 1. The lowest BCUT2D eigenvalue weighted by molar-refractivity contribution is 0.232. The van der Waals surface area contributed by atoms with Gasteiger partial charge in [-0.1, -0.05) is 31.0 Å². The van der Waals surface area contributed by atoms with Crippen LogP contribution in [-0.4, -0.2) is 35.0 Å². The van der Waals surface area contributed by atoms with E-state index in [9.17, 15) is 0 Å². The van der Waals surface area contributed by atoms with E-state index in [1.807, 2.05) is 11.8 Å². The Morgan fingerprint density at radius 1 is 1.22 bits per heavy atom. The molecule has 0 aromatic heterocycles. The number of nitrogens with one attached hydrogen (secondary N) is 1. The molecule has 3 aliphatic rings. The average Bonchev–Trinajstić information content (AvgIpc) is 2.93. The van der Waals surface area contributed by atoms with Crippen LogP contribution in [0.2, 0.25) is 0 Å². The second-order valence-corrected chi connectivity index (χ2v) is 8.36. The van der Waals surface area contributed by atoms with Crippen LogP contribution in [0.1, 0.15) is 44.9 Å². The van der Waals surface area contributed by atoms with Crippen LogP contribution in [0.4, 0.5) is 0 Å². The van der Waals surface area contributed by atoms with E-state index in [1.165, 1.54) is 61.6 Å². The van der Waals surface area contributed by atoms with Gasteiger partial charge in [-0.2, -0.15) is 11.8 Å². The van der Waals surface area contributed by atoms with E-state index in [0.717, 1.165) is 18.3 Å². The Hall–Kier alpha value is 0.170. The molecule has 0 bridgehead atoms. The van der Waals surface area contributed by atoms with Crippen LogP contribution in [0.25, 0.3) is 0 Å². The molecule has 18 heavy (non-hydrogen) atoms. The summed E-state index contributed by atoms with van der Waals surface area (Å²) in [5.41, 5.74) is 0.566. The molecule has 1 N–H and O–H groups in total. The molecule has 1 atom stereocenters. The van der Waals surface area contributed by atoms with Gasteiger partial charge in [0.15, 0.2) is 5.17 Å². The molecular weight excluding hydrogens is 260 g/mol. The third-order valence-corrected chi connectivity index (χ3v) is 7.19. The summed E-state index contributed by atoms with van der Waals surface area (Å²) in [4.78, 5) is 4.83. The normalized spacial score (nSPS) is 31.3. The topological polar surface area (TPSA) is 24.4 Å². The quantitative estimate of drug-likeness (QED) is 0.839. The molecule has 102 valence electrons. The van der Waals surface area contributed by atoms with Gasteiger partial charge in [0.2, 0.25) is 0 Å². The van der Waals surface area contributed by atoms with Gasteiger partial charge in [-0.3, -0.25) is 4.99 Å². The maximum atomic E-state index is 4.83. The van der Waals surface area contributed by atoms with E-state index in [4.69, 9.17) is 4.99 Å². The maximum absolute atomic E-state index is 4.83. The molecule has 1 saturated heterocycles. The van der Waals surface area contributed by atoms with E-state index in [0.29, 0.717) is 5.41 Å². The van der Waals surface area contributed by atoms with Gasteiger partial charge in [0.05, 0.1) is 0 Å². The molecule has 0 aromatic rings. The average molecular weight is 284 g/mol. The van der Waals surface area contributed by atoms with Gasteiger partial charge >= 0.3 is 0 Å². The van der Waals surface area contributed by atoms with Crippen molar-refractivity contribution in [2.75, 3.05) is 24.6 Å². The number of nitrogens with zero attached hydrogens (tertiary/aromatic N) is 1. The van der Waals surface area contributed by atoms with Crippen molar-refractivity contribution in [1.82, 2.24) is 5.32 Å². The highest BCUT2D eigenvalue weighted by atomic mass is 32.2. The van der Waals surface area contributed by atoms with Crippen molar-refractivity contribution < 1.29 is 0 Å². The van der Waals surface area contributed by atoms with Crippen molar-refractivity contribution in [3.63, 3.8) is 0 Å². The Morgan fingerprint density at radius 3 is 2.78 bits per heavy atom. The lowest BCUT2D eigenvalue weighted by Crippen LogP contribution is -2.38. The van der Waals surface area contributed by atoms with Crippen LogP contribution in [0.5, 0.6) is 0 Å². The summed E-state index contributed by atoms with van der Waals surface area (Å²) in [6.07, 6.45) is 9.92. The first kappa shape index (κ1) is 13.2. The summed E-state index contributed by atoms with van der Waals surface area (Å²) in [5.74, 6) is 2.66. The van der Waals surface area contributed by atoms with Crippen molar-refractivity contribution >= 4 is 28.7 Å². The monoisotopic (exact) mass is 284 g/mol. The number of amidine groups is 1. The lowest BCUT2D eigenvalue weighted by Gasteiger charge is -2.38. The van der Waals surface area contributed by atoms with Crippen LogP contribution in [0.3, 0.4) is 0 Å². The zero-order chi connectivity index (χ0) is 12.3. The minimum absolute atomic E-state index is 0.566. The number of rotatable bonds is 2. The molecular formula is C14H24N2S2. The van der Waals surface area contributed by atoms with E-state index in [-0.39, 0.29) is 0 Å². The predicted molar refractivity (Wildman–Crippen MR) is 83.8 cm³/mol. The lowest BCUT2D eigenvalue weighted by atomic mass is 9.75. The molecule has 1 aliphatic carbocycles. The van der Waals surface area contributed by atoms with E-state index < -0.39 is 0 Å². The first-order valence-corrected chi connectivity index (χ1v) is 9.43. The second kappa shape index (κ2) is 6.08. The molecule has 0 radical (unpaired) electrons. The SMILES string of the molecule is C1CCC2(CC1)CN=C(NCC1CCCS1)SC2. The highest BCUT2D eigenvalue weighted by molar-refractivity contribution is 8.13. The molecule has 1 spiro atoms. The fourth-order valence-corrected chi connectivity index (χ4v) is 5.64. The van der Waals surface area contributed by atoms with Crippen LogP contribution in [0.15, 0.2) is 4.99 Å². The van der Waals surface area contributed by atoms with Gasteiger partial charge in [-0.05, 0) is 36.9 Å². The standard InChI is InChI=1S/C14H24N2S2/c1-2-6-14(7-3-1)10-16-13(18-11-14)15-9-12-5-4-8-17-12/h12H,1-11H2,(H,15,16). The van der Waals surface area contributed by atoms with Crippen LogP contribution < -0.4 is 5.32 Å². The summed E-state index contributed by atoms with van der Waals surface area (Å²) >= 11 is 4.11. The van der Waals surface area contributed by atoms with E-state index >= 15 is 0 Å². The summed E-state index contributed by atoms with van der Waals surface area (Å²) < 4.78 is 0. The molecule has 2 fully saturated rings. The Balaban J connectivity index is 1.47. The second-order valence-electron chi connectivity index (χ2n) is 5.99. The molecule has 1 unspecified atom stereocenters. The zero-order valence-electron chi connectivity index (χ0n) is 11.1. The minimum atomic E-state index is 0.566. The summed E-state index contributed by atoms with van der Waals surface area (Å²) in [7, 11) is 0. The molecule has 1 saturated carbocycles. The highest BCUT2D eigenvalue weighted by Crippen LogP contribution is 2.41. The molecule has 2 aliphatic heterocycles. The highest BCUT2D eigenvalue weighted by Gasteiger charge is 2.34. The Labute approximate surface area is 119 Å². The Morgan fingerprint density at radius 2 is 2.11 bits per heavy atom. The molecule has 0 aromatic carbocycles. The summed E-state index contributed by atoms with van der Waals surface area (Å²) in [6.45, 7) is 2.21. The van der Waals surface area contributed by atoms with Gasteiger partial charge < -0.3 is 5.32 Å². The largest absolute Gasteiger partial charge is 0.364 e. The van der Waals surface area contributed by atoms with Crippen molar-refractivity contribution in [2.24, 2.45) is 10.4 Å². The van der Waals surface area contributed by atoms with Gasteiger partial charge in [0.1, 0.15) is 0 Å². The number of hydrogen-bond acceptors (Lipinski definition) is 4. The fourth-order valence-electron chi connectivity index (χ4n) is 3.27. The molecule has 3 rings (SSSR count). The van der Waals surface area contributed by atoms with E-state index in [1.54, 1.807) is 0 Å². The van der Waals surface area contributed by atoms with Crippen LogP contribution in [0, 0.1) is 5.41 Å². The number of thioether (sulfide) groups is 2. The summed E-state index contributed by atoms with van der Waals surface area (Å²) in [5, 5.41) is 5.63. The Kier molecular flexibility index (Phi) is 4.45. The number of hydrogen-bond donors (Lipinski definition) is 1. The first-order chi connectivity index (χ1) is 8.86. The Bertz CT molecular complexity index is 305. The van der Waals surface area contributed by atoms with Crippen molar-refractivity contribution in [2.45, 2.75) is 50.2 Å². The first-order valence-electron chi connectivity index (χ1n) is 7.39. The van der Waals surface area contributed by atoms with Gasteiger partial charge in [-0.15, -0.1) is 0 Å². The summed E-state index contributed by atoms with van der Waals surface area (Å²) in [6, 6.07) is 0. The fraction of sp³-hybridized carbons (Fsp3) is 0.929. The van der Waals surface area contributed by atoms with Gasteiger partial charge in [-0.25, -0.2) is 0 Å². The van der Waals surface area contributed by atoms with Crippen molar-refractivity contribution in [3.8, 4) is 0 Å². The molecule has 0 amide bonds. The van der Waals surface area contributed by atoms with Gasteiger partial charge in [0, 0.05) is 24.1 Å². The zero-order valence-corrected chi connectivity index (χ0v) is 12.8. The van der Waals surface area contributed by atoms with Crippen molar-refractivity contribution in [1.29, 1.82) is 0 Å².